The Morgan fingerprint density at radius 2 is 1.79 bits per heavy atom. The van der Waals surface area contributed by atoms with Crippen molar-refractivity contribution in [2.24, 2.45) is 5.92 Å². The third-order valence-electron chi connectivity index (χ3n) is 5.88. The molecule has 1 heterocycles. The molecule has 0 unspecified atom stereocenters. The third-order valence-corrected chi connectivity index (χ3v) is 7.59. The van der Waals surface area contributed by atoms with Crippen molar-refractivity contribution in [1.82, 2.24) is 14.9 Å². The zero-order valence-corrected chi connectivity index (χ0v) is 20.8. The smallest absolute Gasteiger partial charge is 0.241 e. The molecule has 2 aromatic carbocycles. The first kappa shape index (κ1) is 25.5. The molecule has 33 heavy (non-hydrogen) atoms. The summed E-state index contributed by atoms with van der Waals surface area (Å²) in [6.07, 6.45) is 2.23. The van der Waals surface area contributed by atoms with Crippen LogP contribution in [0.2, 0.25) is 5.02 Å². The summed E-state index contributed by atoms with van der Waals surface area (Å²) in [4.78, 5) is 15.5. The summed E-state index contributed by atoms with van der Waals surface area (Å²) < 4.78 is 33.6. The van der Waals surface area contributed by atoms with Crippen molar-refractivity contribution >= 4 is 27.5 Å². The molecule has 1 aliphatic rings. The van der Waals surface area contributed by atoms with Gasteiger partial charge in [-0.05, 0) is 73.8 Å². The van der Waals surface area contributed by atoms with Crippen LogP contribution in [0.5, 0.6) is 5.75 Å². The first-order chi connectivity index (χ1) is 15.7. The molecule has 0 radical (unpaired) electrons. The van der Waals surface area contributed by atoms with E-state index < -0.39 is 16.1 Å². The van der Waals surface area contributed by atoms with Gasteiger partial charge < -0.3 is 10.1 Å². The molecule has 0 spiro atoms. The Morgan fingerprint density at radius 3 is 2.39 bits per heavy atom. The first-order valence-electron chi connectivity index (χ1n) is 11.1. The molecular formula is C24H32ClN3O4S. The van der Waals surface area contributed by atoms with Crippen LogP contribution < -0.4 is 14.8 Å². The Morgan fingerprint density at radius 1 is 1.12 bits per heavy atom. The van der Waals surface area contributed by atoms with E-state index in [0.29, 0.717) is 11.6 Å². The normalized spacial score (nSPS) is 16.5. The van der Waals surface area contributed by atoms with Gasteiger partial charge in [0.1, 0.15) is 11.8 Å². The summed E-state index contributed by atoms with van der Waals surface area (Å²) in [6, 6.07) is 12.8. The minimum absolute atomic E-state index is 0.0211. The molecule has 1 saturated heterocycles. The predicted octanol–water partition coefficient (Wildman–Crippen LogP) is 3.60. The molecule has 2 atom stereocenters. The summed E-state index contributed by atoms with van der Waals surface area (Å²) in [5.74, 6) is 0.169. The second-order valence-corrected chi connectivity index (χ2v) is 10.7. The summed E-state index contributed by atoms with van der Waals surface area (Å²) >= 11 is 5.87. The number of sulfonamides is 1. The number of methoxy groups -OCH3 is 1. The number of nitrogens with one attached hydrogen (secondary N) is 2. The molecule has 2 aromatic rings. The molecular weight excluding hydrogens is 462 g/mol. The van der Waals surface area contributed by atoms with E-state index in [1.165, 1.54) is 24.3 Å². The highest BCUT2D eigenvalue weighted by Gasteiger charge is 2.30. The number of halogens is 1. The molecule has 0 bridgehead atoms. The molecule has 7 nitrogen and oxygen atoms in total. The topological polar surface area (TPSA) is 87.7 Å². The highest BCUT2D eigenvalue weighted by atomic mass is 35.5. The van der Waals surface area contributed by atoms with Crippen LogP contribution in [0.15, 0.2) is 53.4 Å². The van der Waals surface area contributed by atoms with Gasteiger partial charge in [0.05, 0.1) is 18.0 Å². The molecule has 1 fully saturated rings. The lowest BCUT2D eigenvalue weighted by atomic mass is 10.0. The number of carbonyl (C=O) groups excluding carboxylic acids is 1. The van der Waals surface area contributed by atoms with E-state index in [0.717, 1.165) is 37.2 Å². The van der Waals surface area contributed by atoms with Crippen LogP contribution in [0.4, 0.5) is 0 Å². The number of likely N-dealkylation sites (tertiary alicyclic amines) is 1. The SMILES string of the molecule is COc1cccc([C@@H](CNC(=O)[C@@H](NS(=O)(=O)c2ccc(Cl)cc2)C(C)C)N2CCCC2)c1. The van der Waals surface area contributed by atoms with Gasteiger partial charge in [-0.25, -0.2) is 8.42 Å². The summed E-state index contributed by atoms with van der Waals surface area (Å²) in [7, 11) is -2.25. The maximum atomic E-state index is 13.1. The van der Waals surface area contributed by atoms with E-state index in [1.807, 2.05) is 38.1 Å². The lowest BCUT2D eigenvalue weighted by Gasteiger charge is -2.30. The Bertz CT molecular complexity index is 1040. The van der Waals surface area contributed by atoms with Gasteiger partial charge >= 0.3 is 0 Å². The fourth-order valence-electron chi connectivity index (χ4n) is 4.01. The predicted molar refractivity (Wildman–Crippen MR) is 130 cm³/mol. The number of nitrogens with zero attached hydrogens (tertiary/aromatic N) is 1. The van der Waals surface area contributed by atoms with Crippen LogP contribution in [-0.2, 0) is 14.8 Å². The Kier molecular flexibility index (Phi) is 8.75. The van der Waals surface area contributed by atoms with Crippen LogP contribution >= 0.6 is 11.6 Å². The number of carbonyl (C=O) groups is 1. The number of hydrogen-bond donors (Lipinski definition) is 2. The van der Waals surface area contributed by atoms with E-state index in [4.69, 9.17) is 16.3 Å². The summed E-state index contributed by atoms with van der Waals surface area (Å²) in [5, 5.41) is 3.43. The van der Waals surface area contributed by atoms with Crippen molar-refractivity contribution in [2.45, 2.75) is 43.7 Å². The molecule has 0 aromatic heterocycles. The van der Waals surface area contributed by atoms with Gasteiger partial charge in [0, 0.05) is 11.6 Å². The molecule has 180 valence electrons. The lowest BCUT2D eigenvalue weighted by molar-refractivity contribution is -0.123. The molecule has 2 N–H and O–H groups in total. The van der Waals surface area contributed by atoms with Gasteiger partial charge in [0.2, 0.25) is 15.9 Å². The standard InChI is InChI=1S/C24H32ClN3O4S/c1-17(2)23(27-33(30,31)21-11-9-19(25)10-12-21)24(29)26-16-22(28-13-4-5-14-28)18-7-6-8-20(15-18)32-3/h6-12,15,17,22-23,27H,4-5,13-14,16H2,1-3H3,(H,26,29)/t22-,23+/m1/s1. The highest BCUT2D eigenvalue weighted by molar-refractivity contribution is 7.89. The third kappa shape index (κ3) is 6.69. The maximum Gasteiger partial charge on any atom is 0.241 e. The van der Waals surface area contributed by atoms with Crippen molar-refractivity contribution in [2.75, 3.05) is 26.7 Å². The van der Waals surface area contributed by atoms with Crippen molar-refractivity contribution in [3.8, 4) is 5.75 Å². The monoisotopic (exact) mass is 493 g/mol. The zero-order chi connectivity index (χ0) is 24.0. The molecule has 1 amide bonds. The fraction of sp³-hybridized carbons (Fsp3) is 0.458. The van der Waals surface area contributed by atoms with Crippen molar-refractivity contribution < 1.29 is 17.9 Å². The van der Waals surface area contributed by atoms with Crippen molar-refractivity contribution in [3.63, 3.8) is 0 Å². The Balaban J connectivity index is 1.74. The van der Waals surface area contributed by atoms with Crippen LogP contribution in [0.1, 0.15) is 38.3 Å². The number of benzene rings is 2. The number of hydrogen-bond acceptors (Lipinski definition) is 5. The number of rotatable bonds is 10. The van der Waals surface area contributed by atoms with E-state index in [1.54, 1.807) is 7.11 Å². The van der Waals surface area contributed by atoms with E-state index in [9.17, 15) is 13.2 Å². The van der Waals surface area contributed by atoms with E-state index in [2.05, 4.69) is 14.9 Å². The average Bonchev–Trinajstić information content (AvgIpc) is 3.32. The second kappa shape index (κ2) is 11.3. The summed E-state index contributed by atoms with van der Waals surface area (Å²) in [5.41, 5.74) is 1.05. The number of ether oxygens (including phenoxy) is 1. The number of amides is 1. The minimum Gasteiger partial charge on any atom is -0.497 e. The molecule has 3 rings (SSSR count). The van der Waals surface area contributed by atoms with Gasteiger partial charge in [-0.3, -0.25) is 9.69 Å². The van der Waals surface area contributed by atoms with Gasteiger partial charge in [-0.15, -0.1) is 0 Å². The average molecular weight is 494 g/mol. The molecule has 9 heteroatoms. The molecule has 0 saturated carbocycles. The van der Waals surface area contributed by atoms with Gasteiger partial charge in [-0.1, -0.05) is 37.6 Å². The second-order valence-electron chi connectivity index (χ2n) is 8.58. The maximum absolute atomic E-state index is 13.1. The van der Waals surface area contributed by atoms with Crippen LogP contribution in [0, 0.1) is 5.92 Å². The minimum atomic E-state index is -3.88. The van der Waals surface area contributed by atoms with Crippen molar-refractivity contribution in [1.29, 1.82) is 0 Å². The van der Waals surface area contributed by atoms with Crippen molar-refractivity contribution in [3.05, 3.63) is 59.1 Å². The fourth-order valence-corrected chi connectivity index (χ4v) is 5.48. The molecule has 0 aliphatic carbocycles. The van der Waals surface area contributed by atoms with Crippen LogP contribution in [-0.4, -0.2) is 52.0 Å². The van der Waals surface area contributed by atoms with E-state index in [-0.39, 0.29) is 22.8 Å². The zero-order valence-electron chi connectivity index (χ0n) is 19.3. The molecule has 1 aliphatic heterocycles. The van der Waals surface area contributed by atoms with Gasteiger partial charge in [-0.2, -0.15) is 4.72 Å². The van der Waals surface area contributed by atoms with Crippen LogP contribution in [0.3, 0.4) is 0 Å². The highest BCUT2D eigenvalue weighted by Crippen LogP contribution is 2.27. The largest absolute Gasteiger partial charge is 0.497 e. The van der Waals surface area contributed by atoms with Crippen LogP contribution in [0.25, 0.3) is 0 Å². The Hall–Kier alpha value is -2.13. The first-order valence-corrected chi connectivity index (χ1v) is 13.0. The van der Waals surface area contributed by atoms with Gasteiger partial charge in [0.15, 0.2) is 0 Å². The lowest BCUT2D eigenvalue weighted by Crippen LogP contribution is -2.51. The quantitative estimate of drug-likeness (QED) is 0.528. The summed E-state index contributed by atoms with van der Waals surface area (Å²) in [6.45, 7) is 5.91. The Labute approximate surface area is 201 Å². The van der Waals surface area contributed by atoms with E-state index >= 15 is 0 Å². The van der Waals surface area contributed by atoms with Gasteiger partial charge in [0.25, 0.3) is 0 Å².